The van der Waals surface area contributed by atoms with E-state index in [9.17, 15) is 4.79 Å². The quantitative estimate of drug-likeness (QED) is 0.244. The van der Waals surface area contributed by atoms with E-state index < -0.39 is 0 Å². The smallest absolute Gasteiger partial charge is 0.251 e. The lowest BCUT2D eigenvalue weighted by molar-refractivity contribution is 0.0953. The van der Waals surface area contributed by atoms with Gasteiger partial charge in [-0.25, -0.2) is 4.98 Å². The number of benzene rings is 3. The lowest BCUT2D eigenvalue weighted by atomic mass is 10.1. The first-order valence-corrected chi connectivity index (χ1v) is 12.6. The highest BCUT2D eigenvalue weighted by atomic mass is 35.5. The van der Waals surface area contributed by atoms with Crippen LogP contribution in [-0.4, -0.2) is 28.6 Å². The standard InChI is InChI=1S/C29H32ClN3O2/c1-21-14-15-25(19-22(21)2)35-18-6-5-17-33-27-12-4-3-11-26(27)32-28(33)13-8-16-31-29(34)23-9-7-10-24(30)20-23/h3-4,7,9-12,14-15,19-20H,5-6,8,13,16-18H2,1-2H3,(H,31,34). The van der Waals surface area contributed by atoms with E-state index in [4.69, 9.17) is 21.3 Å². The number of rotatable bonds is 11. The largest absolute Gasteiger partial charge is 0.494 e. The zero-order valence-electron chi connectivity index (χ0n) is 20.4. The summed E-state index contributed by atoms with van der Waals surface area (Å²) in [5.74, 6) is 1.88. The third-order valence-electron chi connectivity index (χ3n) is 6.21. The molecule has 1 heterocycles. The minimum absolute atomic E-state index is 0.107. The fraction of sp³-hybridized carbons (Fsp3) is 0.310. The Morgan fingerprint density at radius 2 is 1.83 bits per heavy atom. The van der Waals surface area contributed by atoms with Crippen LogP contribution in [0.15, 0.2) is 66.7 Å². The van der Waals surface area contributed by atoms with Crippen LogP contribution in [0.5, 0.6) is 5.75 Å². The van der Waals surface area contributed by atoms with Crippen molar-refractivity contribution in [1.82, 2.24) is 14.9 Å². The fourth-order valence-corrected chi connectivity index (χ4v) is 4.30. The number of fused-ring (bicyclic) bond motifs is 1. The van der Waals surface area contributed by atoms with Gasteiger partial charge in [-0.05, 0) is 86.7 Å². The van der Waals surface area contributed by atoms with Crippen molar-refractivity contribution < 1.29 is 9.53 Å². The highest BCUT2D eigenvalue weighted by Gasteiger charge is 2.11. The Bertz CT molecular complexity index is 1300. The van der Waals surface area contributed by atoms with Crippen LogP contribution in [0, 0.1) is 13.8 Å². The number of aryl methyl sites for hydroxylation is 4. The molecular formula is C29H32ClN3O2. The van der Waals surface area contributed by atoms with E-state index in [0.717, 1.165) is 54.8 Å². The topological polar surface area (TPSA) is 56.1 Å². The Balaban J connectivity index is 1.29. The summed E-state index contributed by atoms with van der Waals surface area (Å²) in [6, 6.07) is 21.5. The molecule has 4 rings (SSSR count). The van der Waals surface area contributed by atoms with Gasteiger partial charge in [0.05, 0.1) is 17.6 Å². The molecule has 35 heavy (non-hydrogen) atoms. The Morgan fingerprint density at radius 3 is 2.66 bits per heavy atom. The molecule has 0 fully saturated rings. The summed E-state index contributed by atoms with van der Waals surface area (Å²) in [5.41, 5.74) is 5.27. The number of imidazole rings is 1. The molecule has 0 aliphatic rings. The molecule has 0 radical (unpaired) electrons. The zero-order chi connectivity index (χ0) is 24.6. The van der Waals surface area contributed by atoms with E-state index in [1.165, 1.54) is 11.1 Å². The van der Waals surface area contributed by atoms with Crippen LogP contribution in [-0.2, 0) is 13.0 Å². The summed E-state index contributed by atoms with van der Waals surface area (Å²) < 4.78 is 8.26. The predicted molar refractivity (Wildman–Crippen MR) is 142 cm³/mol. The van der Waals surface area contributed by atoms with Crippen LogP contribution < -0.4 is 10.1 Å². The van der Waals surface area contributed by atoms with E-state index >= 15 is 0 Å². The van der Waals surface area contributed by atoms with Crippen LogP contribution in [0.1, 0.15) is 46.6 Å². The first-order chi connectivity index (χ1) is 17.0. The number of nitrogens with zero attached hydrogens (tertiary/aromatic N) is 2. The molecule has 3 aromatic carbocycles. The van der Waals surface area contributed by atoms with Gasteiger partial charge in [0.15, 0.2) is 0 Å². The fourth-order valence-electron chi connectivity index (χ4n) is 4.11. The van der Waals surface area contributed by atoms with E-state index in [1.807, 2.05) is 12.1 Å². The molecule has 5 nitrogen and oxygen atoms in total. The molecule has 0 aliphatic carbocycles. The number of aromatic nitrogens is 2. The highest BCUT2D eigenvalue weighted by Crippen LogP contribution is 2.19. The maximum absolute atomic E-state index is 12.4. The minimum Gasteiger partial charge on any atom is -0.494 e. The van der Waals surface area contributed by atoms with Crippen molar-refractivity contribution in [2.75, 3.05) is 13.2 Å². The summed E-state index contributed by atoms with van der Waals surface area (Å²) in [4.78, 5) is 17.2. The van der Waals surface area contributed by atoms with E-state index in [-0.39, 0.29) is 5.91 Å². The monoisotopic (exact) mass is 489 g/mol. The molecular weight excluding hydrogens is 458 g/mol. The van der Waals surface area contributed by atoms with Gasteiger partial charge in [-0.3, -0.25) is 4.79 Å². The second kappa shape index (κ2) is 11.9. The molecule has 1 N–H and O–H groups in total. The number of unbranched alkanes of at least 4 members (excludes halogenated alkanes) is 1. The third-order valence-corrected chi connectivity index (χ3v) is 6.44. The molecule has 4 aromatic rings. The second-order valence-electron chi connectivity index (χ2n) is 8.84. The van der Waals surface area contributed by atoms with Crippen LogP contribution in [0.4, 0.5) is 0 Å². The maximum atomic E-state index is 12.4. The number of hydrogen-bond donors (Lipinski definition) is 1. The number of carbonyl (C=O) groups is 1. The first-order valence-electron chi connectivity index (χ1n) is 12.2. The van der Waals surface area contributed by atoms with Crippen molar-refractivity contribution in [2.24, 2.45) is 0 Å². The number of nitrogens with one attached hydrogen (secondary N) is 1. The minimum atomic E-state index is -0.107. The van der Waals surface area contributed by atoms with Crippen LogP contribution in [0.3, 0.4) is 0 Å². The molecule has 0 saturated carbocycles. The lowest BCUT2D eigenvalue weighted by Crippen LogP contribution is -2.25. The molecule has 6 heteroatoms. The molecule has 0 unspecified atom stereocenters. The Hall–Kier alpha value is -3.31. The summed E-state index contributed by atoms with van der Waals surface area (Å²) in [6.07, 6.45) is 3.58. The van der Waals surface area contributed by atoms with Crippen LogP contribution in [0.2, 0.25) is 5.02 Å². The Kier molecular flexibility index (Phi) is 8.43. The van der Waals surface area contributed by atoms with Gasteiger partial charge in [-0.2, -0.15) is 0 Å². The third kappa shape index (κ3) is 6.64. The number of carbonyl (C=O) groups excluding carboxylic acids is 1. The average Bonchev–Trinajstić information content (AvgIpc) is 3.21. The van der Waals surface area contributed by atoms with Gasteiger partial charge in [0.2, 0.25) is 0 Å². The van der Waals surface area contributed by atoms with Crippen molar-refractivity contribution in [3.63, 3.8) is 0 Å². The zero-order valence-corrected chi connectivity index (χ0v) is 21.1. The van der Waals surface area contributed by atoms with Gasteiger partial charge in [-0.1, -0.05) is 35.9 Å². The van der Waals surface area contributed by atoms with E-state index in [0.29, 0.717) is 23.7 Å². The Labute approximate surface area is 212 Å². The molecule has 0 spiro atoms. The lowest BCUT2D eigenvalue weighted by Gasteiger charge is -2.11. The summed E-state index contributed by atoms with van der Waals surface area (Å²) in [7, 11) is 0. The number of hydrogen-bond acceptors (Lipinski definition) is 3. The Morgan fingerprint density at radius 1 is 0.971 bits per heavy atom. The van der Waals surface area contributed by atoms with Crippen molar-refractivity contribution in [2.45, 2.75) is 46.1 Å². The van der Waals surface area contributed by atoms with Gasteiger partial charge in [0.1, 0.15) is 11.6 Å². The average molecular weight is 490 g/mol. The maximum Gasteiger partial charge on any atom is 0.251 e. The van der Waals surface area contributed by atoms with Gasteiger partial charge in [-0.15, -0.1) is 0 Å². The highest BCUT2D eigenvalue weighted by molar-refractivity contribution is 6.30. The second-order valence-corrected chi connectivity index (χ2v) is 9.28. The normalized spacial score (nSPS) is 11.1. The first kappa shape index (κ1) is 24.8. The summed E-state index contributed by atoms with van der Waals surface area (Å²) in [5, 5.41) is 3.54. The predicted octanol–water partition coefficient (Wildman–Crippen LogP) is 6.53. The molecule has 0 bridgehead atoms. The molecule has 0 aliphatic heterocycles. The van der Waals surface area contributed by atoms with Crippen molar-refractivity contribution >= 4 is 28.5 Å². The number of amides is 1. The molecule has 182 valence electrons. The molecule has 0 atom stereocenters. The van der Waals surface area contributed by atoms with Crippen molar-refractivity contribution in [1.29, 1.82) is 0 Å². The van der Waals surface area contributed by atoms with Gasteiger partial charge >= 0.3 is 0 Å². The molecule has 1 amide bonds. The van der Waals surface area contributed by atoms with E-state index in [1.54, 1.807) is 24.3 Å². The van der Waals surface area contributed by atoms with E-state index in [2.05, 4.69) is 54.1 Å². The van der Waals surface area contributed by atoms with Crippen LogP contribution >= 0.6 is 11.6 Å². The molecule has 0 saturated heterocycles. The summed E-state index contributed by atoms with van der Waals surface area (Å²) >= 11 is 5.99. The number of ether oxygens (including phenoxy) is 1. The van der Waals surface area contributed by atoms with Gasteiger partial charge < -0.3 is 14.6 Å². The van der Waals surface area contributed by atoms with Gasteiger partial charge in [0, 0.05) is 30.1 Å². The van der Waals surface area contributed by atoms with Crippen molar-refractivity contribution in [3.8, 4) is 5.75 Å². The molecule has 1 aromatic heterocycles. The van der Waals surface area contributed by atoms with Gasteiger partial charge in [0.25, 0.3) is 5.91 Å². The SMILES string of the molecule is Cc1ccc(OCCCCn2c(CCCNC(=O)c3cccc(Cl)c3)nc3ccccc32)cc1C. The van der Waals surface area contributed by atoms with Crippen LogP contribution in [0.25, 0.3) is 11.0 Å². The summed E-state index contributed by atoms with van der Waals surface area (Å²) in [6.45, 7) is 6.38. The number of halogens is 1. The number of para-hydroxylation sites is 2. The van der Waals surface area contributed by atoms with Crippen molar-refractivity contribution in [3.05, 3.63) is 94.3 Å².